The average Bonchev–Trinajstić information content (AvgIpc) is 3.38. The molecular weight excluding hydrogens is 372 g/mol. The maximum atomic E-state index is 12.2. The van der Waals surface area contributed by atoms with Crippen LogP contribution in [0.1, 0.15) is 18.9 Å². The Hall–Kier alpha value is -4.01. The zero-order valence-corrected chi connectivity index (χ0v) is 15.8. The van der Waals surface area contributed by atoms with Crippen LogP contribution in [0.4, 0.5) is 10.5 Å². The van der Waals surface area contributed by atoms with Crippen LogP contribution in [0, 0.1) is 0 Å². The average molecular weight is 390 g/mol. The molecule has 0 fully saturated rings. The fraction of sp³-hybridized carbons (Fsp3) is 0.150. The second-order valence-electron chi connectivity index (χ2n) is 6.22. The molecule has 0 bridgehead atoms. The molecule has 2 N–H and O–H groups in total. The number of tetrazole rings is 1. The predicted molar refractivity (Wildman–Crippen MR) is 108 cm³/mol. The summed E-state index contributed by atoms with van der Waals surface area (Å²) in [6, 6.07) is 14.6. The number of para-hydroxylation sites is 1. The highest BCUT2D eigenvalue weighted by molar-refractivity contribution is 6.15. The van der Waals surface area contributed by atoms with Crippen LogP contribution in [0.25, 0.3) is 22.3 Å². The van der Waals surface area contributed by atoms with Gasteiger partial charge in [-0.1, -0.05) is 25.1 Å². The van der Waals surface area contributed by atoms with Crippen molar-refractivity contribution in [2.45, 2.75) is 13.3 Å². The van der Waals surface area contributed by atoms with Crippen molar-refractivity contribution in [1.29, 1.82) is 0 Å². The van der Waals surface area contributed by atoms with E-state index in [1.807, 2.05) is 43.3 Å². The largest absolute Gasteiger partial charge is 0.494 e. The molecule has 0 atom stereocenters. The van der Waals surface area contributed by atoms with Crippen LogP contribution in [-0.4, -0.2) is 49.2 Å². The summed E-state index contributed by atoms with van der Waals surface area (Å²) < 4.78 is 5.97. The van der Waals surface area contributed by atoms with Gasteiger partial charge in [-0.2, -0.15) is 5.21 Å². The number of nitrogens with one attached hydrogen (secondary N) is 1. The third kappa shape index (κ3) is 3.22. The van der Waals surface area contributed by atoms with Gasteiger partial charge in [0.15, 0.2) is 0 Å². The van der Waals surface area contributed by atoms with Crippen LogP contribution in [0.5, 0.6) is 5.88 Å². The van der Waals surface area contributed by atoms with Crippen molar-refractivity contribution in [3.63, 3.8) is 0 Å². The number of hydrogen-bond acceptors (Lipinski definition) is 7. The fourth-order valence-corrected chi connectivity index (χ4v) is 3.22. The Morgan fingerprint density at radius 3 is 2.62 bits per heavy atom. The van der Waals surface area contributed by atoms with E-state index in [2.05, 4.69) is 20.6 Å². The molecular formula is C20H18N6O3. The molecule has 146 valence electrons. The maximum Gasteiger partial charge on any atom is 0.421 e. The summed E-state index contributed by atoms with van der Waals surface area (Å²) in [6.45, 7) is 1.94. The van der Waals surface area contributed by atoms with Crippen LogP contribution in [0.15, 0.2) is 53.5 Å². The molecule has 0 saturated heterocycles. The number of carbonyl (C=O) groups excluding carboxylic acids is 1. The molecule has 2 heterocycles. The van der Waals surface area contributed by atoms with Gasteiger partial charge >= 0.3 is 6.09 Å². The van der Waals surface area contributed by atoms with Crippen LogP contribution in [0.2, 0.25) is 0 Å². The van der Waals surface area contributed by atoms with Crippen molar-refractivity contribution in [3.8, 4) is 17.3 Å². The predicted octanol–water partition coefficient (Wildman–Crippen LogP) is 3.67. The third-order valence-electron chi connectivity index (χ3n) is 4.57. The topological polar surface area (TPSA) is 118 Å². The molecule has 0 aliphatic carbocycles. The molecule has 4 rings (SSSR count). The lowest BCUT2D eigenvalue weighted by molar-refractivity contribution is 0.171. The second kappa shape index (κ2) is 7.55. The van der Waals surface area contributed by atoms with Crippen molar-refractivity contribution < 1.29 is 14.6 Å². The Kier molecular flexibility index (Phi) is 4.78. The number of H-pyrrole nitrogens is 1. The number of aromatic hydroxyl groups is 1. The molecule has 4 aromatic rings. The molecule has 0 unspecified atom stereocenters. The van der Waals surface area contributed by atoms with Gasteiger partial charge in [0.1, 0.15) is 0 Å². The van der Waals surface area contributed by atoms with Crippen molar-refractivity contribution in [3.05, 3.63) is 54.1 Å². The molecule has 9 heteroatoms. The zero-order valence-electron chi connectivity index (χ0n) is 15.8. The summed E-state index contributed by atoms with van der Waals surface area (Å²) in [7, 11) is 1.27. The first-order chi connectivity index (χ1) is 14.1. The highest BCUT2D eigenvalue weighted by Crippen LogP contribution is 2.34. The molecule has 0 aliphatic rings. The second-order valence-corrected chi connectivity index (χ2v) is 6.22. The minimum atomic E-state index is -0.662. The first kappa shape index (κ1) is 18.4. The number of aliphatic imine (C=N–C) groups is 1. The number of benzene rings is 2. The summed E-state index contributed by atoms with van der Waals surface area (Å²) in [5.41, 5.74) is 3.22. The van der Waals surface area contributed by atoms with Gasteiger partial charge in [-0.3, -0.25) is 4.99 Å². The lowest BCUT2D eigenvalue weighted by Gasteiger charge is -2.06. The monoisotopic (exact) mass is 390 g/mol. The Balaban J connectivity index is 1.81. The molecule has 0 spiro atoms. The Labute approximate surface area is 165 Å². The van der Waals surface area contributed by atoms with Gasteiger partial charge in [0.25, 0.3) is 0 Å². The van der Waals surface area contributed by atoms with Gasteiger partial charge in [-0.15, -0.1) is 10.2 Å². The SMILES string of the molecule is CCC(=Nc1ccc(-c2nn[nH]n2)cc1)c1c(O)n(C(=O)OC)c2ccccc12. The molecule has 2 aromatic heterocycles. The van der Waals surface area contributed by atoms with E-state index < -0.39 is 6.09 Å². The van der Waals surface area contributed by atoms with Crippen LogP contribution >= 0.6 is 0 Å². The van der Waals surface area contributed by atoms with Crippen LogP contribution < -0.4 is 0 Å². The highest BCUT2D eigenvalue weighted by atomic mass is 16.5. The smallest absolute Gasteiger partial charge is 0.421 e. The fourth-order valence-electron chi connectivity index (χ4n) is 3.22. The normalized spacial score (nSPS) is 11.7. The minimum absolute atomic E-state index is 0.193. The van der Waals surface area contributed by atoms with E-state index in [4.69, 9.17) is 9.73 Å². The third-order valence-corrected chi connectivity index (χ3v) is 4.57. The van der Waals surface area contributed by atoms with E-state index >= 15 is 0 Å². The Bertz CT molecular complexity index is 1190. The van der Waals surface area contributed by atoms with Gasteiger partial charge in [0.05, 0.1) is 29.6 Å². The number of carbonyl (C=O) groups is 1. The standard InChI is InChI=1S/C20H18N6O3/c1-3-15(21-13-10-8-12(9-11-13)18-22-24-25-23-18)17-14-6-4-5-7-16(14)26(19(17)27)20(28)29-2/h4-11,27H,3H2,1-2H3,(H,22,23,24,25). The highest BCUT2D eigenvalue weighted by Gasteiger charge is 2.23. The summed E-state index contributed by atoms with van der Waals surface area (Å²) in [5, 5.41) is 25.4. The quantitative estimate of drug-likeness (QED) is 0.513. The van der Waals surface area contributed by atoms with Crippen molar-refractivity contribution in [2.75, 3.05) is 7.11 Å². The van der Waals surface area contributed by atoms with Gasteiger partial charge in [-0.25, -0.2) is 9.36 Å². The van der Waals surface area contributed by atoms with E-state index in [1.54, 1.807) is 12.1 Å². The van der Waals surface area contributed by atoms with Crippen molar-refractivity contribution in [1.82, 2.24) is 25.2 Å². The van der Waals surface area contributed by atoms with Gasteiger partial charge in [0.2, 0.25) is 11.7 Å². The summed E-state index contributed by atoms with van der Waals surface area (Å²) in [4.78, 5) is 16.9. The number of hydrogen-bond donors (Lipinski definition) is 2. The minimum Gasteiger partial charge on any atom is -0.494 e. The summed E-state index contributed by atoms with van der Waals surface area (Å²) in [5.74, 6) is 0.303. The molecule has 0 amide bonds. The Morgan fingerprint density at radius 2 is 1.97 bits per heavy atom. The van der Waals surface area contributed by atoms with Crippen molar-refractivity contribution >= 4 is 28.4 Å². The molecule has 0 aliphatic heterocycles. The summed E-state index contributed by atoms with van der Waals surface area (Å²) >= 11 is 0. The molecule has 0 saturated carbocycles. The number of nitrogens with zero attached hydrogens (tertiary/aromatic N) is 5. The number of rotatable bonds is 4. The molecule has 0 radical (unpaired) electrons. The van der Waals surface area contributed by atoms with Crippen LogP contribution in [-0.2, 0) is 4.74 Å². The first-order valence-corrected chi connectivity index (χ1v) is 8.96. The number of aromatic nitrogens is 5. The lowest BCUT2D eigenvalue weighted by atomic mass is 10.1. The lowest BCUT2D eigenvalue weighted by Crippen LogP contribution is -2.11. The van der Waals surface area contributed by atoms with Gasteiger partial charge < -0.3 is 9.84 Å². The van der Waals surface area contributed by atoms with E-state index in [0.29, 0.717) is 34.7 Å². The zero-order chi connectivity index (χ0) is 20.4. The number of methoxy groups -OCH3 is 1. The number of ether oxygens (including phenoxy) is 1. The van der Waals surface area contributed by atoms with E-state index in [9.17, 15) is 9.90 Å². The maximum absolute atomic E-state index is 12.2. The van der Waals surface area contributed by atoms with Crippen molar-refractivity contribution in [2.24, 2.45) is 4.99 Å². The molecule has 2 aromatic carbocycles. The molecule has 9 nitrogen and oxygen atoms in total. The van der Waals surface area contributed by atoms with Gasteiger partial charge in [0, 0.05) is 10.9 Å². The Morgan fingerprint density at radius 1 is 1.21 bits per heavy atom. The van der Waals surface area contributed by atoms with Gasteiger partial charge in [-0.05, 0) is 42.0 Å². The van der Waals surface area contributed by atoms with E-state index in [-0.39, 0.29) is 5.88 Å². The molecule has 29 heavy (non-hydrogen) atoms. The van der Waals surface area contributed by atoms with E-state index in [1.165, 1.54) is 7.11 Å². The first-order valence-electron chi connectivity index (χ1n) is 8.96. The summed E-state index contributed by atoms with van der Waals surface area (Å²) in [6.07, 6.45) is -0.111. The van der Waals surface area contributed by atoms with Crippen LogP contribution in [0.3, 0.4) is 0 Å². The number of aromatic amines is 1. The number of fused-ring (bicyclic) bond motifs is 1. The van der Waals surface area contributed by atoms with E-state index in [0.717, 1.165) is 15.5 Å².